The van der Waals surface area contributed by atoms with Gasteiger partial charge in [-0.25, -0.2) is 0 Å². The van der Waals surface area contributed by atoms with Crippen LogP contribution in [0.2, 0.25) is 0 Å². The van der Waals surface area contributed by atoms with Gasteiger partial charge in [-0.2, -0.15) is 0 Å². The zero-order chi connectivity index (χ0) is 9.97. The monoisotopic (exact) mass is 190 g/mol. The summed E-state index contributed by atoms with van der Waals surface area (Å²) in [5.74, 6) is 0.955. The minimum absolute atomic E-state index is 0.554. The predicted octanol–water partition coefficient (Wildman–Crippen LogP) is 1.61. The summed E-state index contributed by atoms with van der Waals surface area (Å²) in [6, 6.07) is 8.11. The molecule has 0 bridgehead atoms. The second-order valence-electron chi connectivity index (χ2n) is 3.32. The number of benzene rings is 1. The molecule has 0 atom stereocenters. The van der Waals surface area contributed by atoms with Gasteiger partial charge in [-0.15, -0.1) is 0 Å². The highest BCUT2D eigenvalue weighted by molar-refractivity contribution is 5.78. The molecule has 2 rings (SSSR count). The summed E-state index contributed by atoms with van der Waals surface area (Å²) in [5, 5.41) is 4.19. The van der Waals surface area contributed by atoms with E-state index >= 15 is 0 Å². The predicted molar refractivity (Wildman–Crippen MR) is 56.9 cm³/mol. The van der Waals surface area contributed by atoms with Crippen molar-refractivity contribution in [3.05, 3.63) is 35.6 Å². The van der Waals surface area contributed by atoms with Gasteiger partial charge in [0.15, 0.2) is 0 Å². The van der Waals surface area contributed by atoms with Crippen LogP contribution in [0.5, 0.6) is 0 Å². The number of hydrogen-bond acceptors (Lipinski definition) is 3. The van der Waals surface area contributed by atoms with Crippen molar-refractivity contribution >= 4 is 11.0 Å². The SMILES string of the molecule is CNCc1cc2ccc(CN)cc2o1. The molecule has 0 aliphatic heterocycles. The Balaban J connectivity index is 2.43. The van der Waals surface area contributed by atoms with Crippen molar-refractivity contribution in [3.63, 3.8) is 0 Å². The molecule has 2 aromatic rings. The van der Waals surface area contributed by atoms with Gasteiger partial charge in [0.05, 0.1) is 6.54 Å². The van der Waals surface area contributed by atoms with Crippen molar-refractivity contribution in [2.24, 2.45) is 5.73 Å². The minimum Gasteiger partial charge on any atom is -0.460 e. The van der Waals surface area contributed by atoms with E-state index in [1.54, 1.807) is 0 Å². The summed E-state index contributed by atoms with van der Waals surface area (Å²) < 4.78 is 5.63. The van der Waals surface area contributed by atoms with Gasteiger partial charge >= 0.3 is 0 Å². The molecular formula is C11H14N2O. The van der Waals surface area contributed by atoms with Crippen LogP contribution in [-0.4, -0.2) is 7.05 Å². The van der Waals surface area contributed by atoms with Crippen molar-refractivity contribution in [1.29, 1.82) is 0 Å². The summed E-state index contributed by atoms with van der Waals surface area (Å²) in [4.78, 5) is 0. The third kappa shape index (κ3) is 1.64. The Labute approximate surface area is 82.9 Å². The first-order chi connectivity index (χ1) is 6.83. The Bertz CT molecular complexity index is 434. The summed E-state index contributed by atoms with van der Waals surface area (Å²) in [6.07, 6.45) is 0. The van der Waals surface area contributed by atoms with E-state index in [0.717, 1.165) is 28.8 Å². The highest BCUT2D eigenvalue weighted by Crippen LogP contribution is 2.20. The molecule has 0 radical (unpaired) electrons. The van der Waals surface area contributed by atoms with Crippen LogP contribution in [0.4, 0.5) is 0 Å². The standard InChI is InChI=1S/C11H14N2O/c1-13-7-10-5-9-3-2-8(6-12)4-11(9)14-10/h2-5,13H,6-7,12H2,1H3. The van der Waals surface area contributed by atoms with Crippen molar-refractivity contribution in [1.82, 2.24) is 5.32 Å². The molecule has 0 fully saturated rings. The van der Waals surface area contributed by atoms with Gasteiger partial charge in [0.1, 0.15) is 11.3 Å². The Morgan fingerprint density at radius 3 is 2.93 bits per heavy atom. The van der Waals surface area contributed by atoms with Crippen LogP contribution < -0.4 is 11.1 Å². The third-order valence-electron chi connectivity index (χ3n) is 2.22. The lowest BCUT2D eigenvalue weighted by Crippen LogP contribution is -2.03. The summed E-state index contributed by atoms with van der Waals surface area (Å²) in [6.45, 7) is 1.31. The van der Waals surface area contributed by atoms with E-state index in [4.69, 9.17) is 10.2 Å². The number of fused-ring (bicyclic) bond motifs is 1. The molecule has 3 heteroatoms. The van der Waals surface area contributed by atoms with E-state index in [0.29, 0.717) is 6.54 Å². The molecule has 1 aromatic carbocycles. The zero-order valence-electron chi connectivity index (χ0n) is 8.21. The maximum atomic E-state index is 5.63. The Kier molecular flexibility index (Phi) is 2.52. The Morgan fingerprint density at radius 1 is 1.36 bits per heavy atom. The number of hydrogen-bond donors (Lipinski definition) is 2. The van der Waals surface area contributed by atoms with Crippen molar-refractivity contribution in [2.75, 3.05) is 7.05 Å². The van der Waals surface area contributed by atoms with E-state index in [-0.39, 0.29) is 0 Å². The van der Waals surface area contributed by atoms with Gasteiger partial charge < -0.3 is 15.5 Å². The normalized spacial score (nSPS) is 11.0. The van der Waals surface area contributed by atoms with Crippen molar-refractivity contribution < 1.29 is 4.42 Å². The Hall–Kier alpha value is -1.32. The van der Waals surface area contributed by atoms with Crippen LogP contribution in [0.25, 0.3) is 11.0 Å². The maximum Gasteiger partial charge on any atom is 0.134 e. The second-order valence-corrected chi connectivity index (χ2v) is 3.32. The van der Waals surface area contributed by atoms with Crippen LogP contribution in [0, 0.1) is 0 Å². The Morgan fingerprint density at radius 2 is 2.21 bits per heavy atom. The first-order valence-corrected chi connectivity index (χ1v) is 4.69. The van der Waals surface area contributed by atoms with Crippen LogP contribution in [0.1, 0.15) is 11.3 Å². The molecule has 74 valence electrons. The van der Waals surface area contributed by atoms with Crippen LogP contribution >= 0.6 is 0 Å². The van der Waals surface area contributed by atoms with Gasteiger partial charge in [-0.3, -0.25) is 0 Å². The molecule has 0 amide bonds. The highest BCUT2D eigenvalue weighted by atomic mass is 16.3. The van der Waals surface area contributed by atoms with Gasteiger partial charge in [-0.05, 0) is 24.7 Å². The summed E-state index contributed by atoms with van der Waals surface area (Å²) in [7, 11) is 1.90. The average Bonchev–Trinajstić information content (AvgIpc) is 2.59. The molecule has 0 saturated carbocycles. The van der Waals surface area contributed by atoms with E-state index < -0.39 is 0 Å². The smallest absolute Gasteiger partial charge is 0.134 e. The zero-order valence-corrected chi connectivity index (χ0v) is 8.21. The molecule has 1 aromatic heterocycles. The van der Waals surface area contributed by atoms with E-state index in [1.807, 2.05) is 31.3 Å². The quantitative estimate of drug-likeness (QED) is 0.773. The lowest BCUT2D eigenvalue weighted by atomic mass is 10.2. The summed E-state index contributed by atoms with van der Waals surface area (Å²) in [5.41, 5.74) is 7.57. The van der Waals surface area contributed by atoms with Crippen molar-refractivity contribution in [2.45, 2.75) is 13.1 Å². The van der Waals surface area contributed by atoms with E-state index in [2.05, 4.69) is 5.32 Å². The largest absolute Gasteiger partial charge is 0.460 e. The topological polar surface area (TPSA) is 51.2 Å². The van der Waals surface area contributed by atoms with Gasteiger partial charge in [-0.1, -0.05) is 12.1 Å². The fraction of sp³-hybridized carbons (Fsp3) is 0.273. The molecule has 14 heavy (non-hydrogen) atoms. The number of furan rings is 1. The first-order valence-electron chi connectivity index (χ1n) is 4.69. The lowest BCUT2D eigenvalue weighted by molar-refractivity contribution is 0.530. The fourth-order valence-electron chi connectivity index (χ4n) is 1.52. The third-order valence-corrected chi connectivity index (χ3v) is 2.22. The van der Waals surface area contributed by atoms with E-state index in [9.17, 15) is 0 Å². The molecule has 0 aliphatic carbocycles. The second kappa shape index (κ2) is 3.82. The molecule has 3 nitrogen and oxygen atoms in total. The maximum absolute atomic E-state index is 5.63. The fourth-order valence-corrected chi connectivity index (χ4v) is 1.52. The van der Waals surface area contributed by atoms with Crippen molar-refractivity contribution in [3.8, 4) is 0 Å². The van der Waals surface area contributed by atoms with Gasteiger partial charge in [0.2, 0.25) is 0 Å². The molecule has 1 heterocycles. The van der Waals surface area contributed by atoms with Gasteiger partial charge in [0, 0.05) is 11.9 Å². The molecule has 0 unspecified atom stereocenters. The molecule has 0 aliphatic rings. The minimum atomic E-state index is 0.554. The molecule has 0 spiro atoms. The average molecular weight is 190 g/mol. The number of nitrogens with two attached hydrogens (primary N) is 1. The van der Waals surface area contributed by atoms with Crippen LogP contribution in [0.15, 0.2) is 28.7 Å². The molecule has 3 N–H and O–H groups in total. The first kappa shape index (κ1) is 9.24. The molecular weight excluding hydrogens is 176 g/mol. The number of rotatable bonds is 3. The highest BCUT2D eigenvalue weighted by Gasteiger charge is 2.02. The summed E-state index contributed by atoms with van der Waals surface area (Å²) >= 11 is 0. The van der Waals surface area contributed by atoms with Crippen LogP contribution in [0.3, 0.4) is 0 Å². The lowest BCUT2D eigenvalue weighted by Gasteiger charge is -1.94. The van der Waals surface area contributed by atoms with Gasteiger partial charge in [0.25, 0.3) is 0 Å². The van der Waals surface area contributed by atoms with E-state index in [1.165, 1.54) is 0 Å². The molecule has 0 saturated heterocycles. The van der Waals surface area contributed by atoms with Crippen LogP contribution in [-0.2, 0) is 13.1 Å². The number of nitrogens with one attached hydrogen (secondary N) is 1.